The highest BCUT2D eigenvalue weighted by atomic mass is 32.1. The van der Waals surface area contributed by atoms with Gasteiger partial charge in [-0.15, -0.1) is 5.10 Å². The molecule has 0 bridgehead atoms. The number of benzene rings is 2. The van der Waals surface area contributed by atoms with Gasteiger partial charge in [-0.25, -0.2) is 0 Å². The van der Waals surface area contributed by atoms with Crippen LogP contribution < -0.4 is 14.8 Å². The molecule has 0 unspecified atom stereocenters. The first kappa shape index (κ1) is 17.3. The average Bonchev–Trinajstić information content (AvgIpc) is 3.45. The van der Waals surface area contributed by atoms with Gasteiger partial charge in [0.15, 0.2) is 5.82 Å². The van der Waals surface area contributed by atoms with E-state index in [-0.39, 0.29) is 12.2 Å². The number of fused-ring (bicyclic) bond motifs is 1. The fraction of sp³-hybridized carbons (Fsp3) is 0.0476. The maximum atomic E-state index is 12.8. The molecule has 29 heavy (non-hydrogen) atoms. The second kappa shape index (κ2) is 7.33. The maximum Gasteiger partial charge on any atom is 0.291 e. The summed E-state index contributed by atoms with van der Waals surface area (Å²) in [5.74, 6) is 1.20. The highest BCUT2D eigenvalue weighted by Crippen LogP contribution is 2.21. The number of aromatic nitrogens is 5. The van der Waals surface area contributed by atoms with Crippen molar-refractivity contribution in [2.75, 3.05) is 0 Å². The highest BCUT2D eigenvalue weighted by molar-refractivity contribution is 7.15. The molecule has 0 aliphatic rings. The lowest BCUT2D eigenvalue weighted by molar-refractivity contribution is 0.296. The number of nitrogens with zero attached hydrogens (tertiary/aromatic N) is 4. The molecule has 0 saturated heterocycles. The third kappa shape index (κ3) is 3.41. The van der Waals surface area contributed by atoms with Gasteiger partial charge in [-0.2, -0.15) is 14.6 Å². The van der Waals surface area contributed by atoms with Crippen molar-refractivity contribution in [3.05, 3.63) is 93.1 Å². The first-order valence-corrected chi connectivity index (χ1v) is 9.76. The van der Waals surface area contributed by atoms with Gasteiger partial charge >= 0.3 is 0 Å². The molecule has 3 aromatic heterocycles. The van der Waals surface area contributed by atoms with Crippen LogP contribution in [0, 0.1) is 0 Å². The molecule has 5 aromatic rings. The molecule has 0 amide bonds. The van der Waals surface area contributed by atoms with E-state index in [1.165, 1.54) is 15.9 Å². The minimum atomic E-state index is -0.205. The van der Waals surface area contributed by atoms with Crippen molar-refractivity contribution in [2.45, 2.75) is 6.61 Å². The molecule has 7 nitrogen and oxygen atoms in total. The lowest BCUT2D eigenvalue weighted by atomic mass is 10.1. The van der Waals surface area contributed by atoms with Crippen LogP contribution in [0.25, 0.3) is 22.3 Å². The van der Waals surface area contributed by atoms with Crippen LogP contribution in [-0.2, 0) is 6.61 Å². The monoisotopic (exact) mass is 401 g/mol. The quantitative estimate of drug-likeness (QED) is 0.489. The first-order chi connectivity index (χ1) is 14.3. The van der Waals surface area contributed by atoms with E-state index in [0.29, 0.717) is 15.3 Å². The zero-order chi connectivity index (χ0) is 19.6. The predicted octanol–water partition coefficient (Wildman–Crippen LogP) is 2.67. The van der Waals surface area contributed by atoms with E-state index in [0.717, 1.165) is 22.6 Å². The predicted molar refractivity (Wildman–Crippen MR) is 111 cm³/mol. The van der Waals surface area contributed by atoms with Gasteiger partial charge in [0.05, 0.1) is 16.4 Å². The van der Waals surface area contributed by atoms with E-state index < -0.39 is 0 Å². The van der Waals surface area contributed by atoms with Gasteiger partial charge < -0.3 is 4.74 Å². The number of thiazole rings is 1. The van der Waals surface area contributed by atoms with Gasteiger partial charge in [0, 0.05) is 11.1 Å². The van der Waals surface area contributed by atoms with E-state index in [1.807, 2.05) is 66.7 Å². The second-order valence-corrected chi connectivity index (χ2v) is 7.32. The van der Waals surface area contributed by atoms with Crippen LogP contribution in [0.1, 0.15) is 11.4 Å². The van der Waals surface area contributed by atoms with Crippen molar-refractivity contribution in [1.29, 1.82) is 0 Å². The van der Waals surface area contributed by atoms with E-state index in [4.69, 9.17) is 4.74 Å². The number of nitrogens with one attached hydrogen (secondary N) is 1. The van der Waals surface area contributed by atoms with Crippen molar-refractivity contribution in [1.82, 2.24) is 24.8 Å². The summed E-state index contributed by atoms with van der Waals surface area (Å²) in [7, 11) is 0. The normalized spacial score (nSPS) is 11.9. The maximum absolute atomic E-state index is 12.8. The van der Waals surface area contributed by atoms with E-state index in [1.54, 1.807) is 6.20 Å². The molecule has 0 aliphatic carbocycles. The van der Waals surface area contributed by atoms with E-state index in [2.05, 4.69) is 20.3 Å². The third-order valence-electron chi connectivity index (χ3n) is 4.35. The molecule has 0 atom stereocenters. The van der Waals surface area contributed by atoms with Crippen LogP contribution in [0.15, 0.2) is 71.7 Å². The number of hydrogen-bond acceptors (Lipinski definition) is 6. The number of H-pyrrole nitrogens is 1. The van der Waals surface area contributed by atoms with Gasteiger partial charge in [0.2, 0.25) is 4.96 Å². The Balaban J connectivity index is 1.45. The summed E-state index contributed by atoms with van der Waals surface area (Å²) in [4.78, 5) is 17.7. The Kier molecular flexibility index (Phi) is 4.38. The molecule has 0 spiro atoms. The standard InChI is InChI=1S/C21H15N5O2S/c27-20-17(11-15-12-22-24-19(15)14-7-3-1-4-8-14)29-21-23-18(25-26(20)21)13-28-16-9-5-2-6-10-16/h1-12H,13H2,(H,22,24)/b17-11-. The van der Waals surface area contributed by atoms with Crippen molar-refractivity contribution in [3.8, 4) is 17.0 Å². The van der Waals surface area contributed by atoms with Crippen molar-refractivity contribution < 1.29 is 4.74 Å². The SMILES string of the molecule is O=c1/c(=C/c2cn[nH]c2-c2ccccc2)sc2nc(COc3ccccc3)nn12. The summed E-state index contributed by atoms with van der Waals surface area (Å²) in [5.41, 5.74) is 2.50. The van der Waals surface area contributed by atoms with Crippen molar-refractivity contribution in [3.63, 3.8) is 0 Å². The molecular weight excluding hydrogens is 386 g/mol. The van der Waals surface area contributed by atoms with E-state index >= 15 is 0 Å². The minimum Gasteiger partial charge on any atom is -0.486 e. The summed E-state index contributed by atoms with van der Waals surface area (Å²) in [6, 6.07) is 19.3. The summed E-state index contributed by atoms with van der Waals surface area (Å²) < 4.78 is 7.53. The first-order valence-electron chi connectivity index (χ1n) is 8.95. The molecule has 0 saturated carbocycles. The van der Waals surface area contributed by atoms with Crippen molar-refractivity contribution >= 4 is 22.4 Å². The topological polar surface area (TPSA) is 85.2 Å². The molecule has 142 valence electrons. The zero-order valence-electron chi connectivity index (χ0n) is 15.1. The summed E-state index contributed by atoms with van der Waals surface area (Å²) in [6.07, 6.45) is 3.52. The van der Waals surface area contributed by atoms with Crippen LogP contribution >= 0.6 is 11.3 Å². The summed E-state index contributed by atoms with van der Waals surface area (Å²) in [6.45, 7) is 0.205. The summed E-state index contributed by atoms with van der Waals surface area (Å²) >= 11 is 1.29. The second-order valence-electron chi connectivity index (χ2n) is 6.31. The van der Waals surface area contributed by atoms with Crippen molar-refractivity contribution in [2.24, 2.45) is 0 Å². The Morgan fingerprint density at radius 1 is 1.07 bits per heavy atom. The highest BCUT2D eigenvalue weighted by Gasteiger charge is 2.12. The lowest BCUT2D eigenvalue weighted by Crippen LogP contribution is -2.24. The molecule has 1 N–H and O–H groups in total. The molecule has 0 fully saturated rings. The Hall–Kier alpha value is -3.78. The Morgan fingerprint density at radius 2 is 1.83 bits per heavy atom. The Morgan fingerprint density at radius 3 is 2.59 bits per heavy atom. The van der Waals surface area contributed by atoms with E-state index in [9.17, 15) is 4.79 Å². The number of aromatic amines is 1. The Bertz CT molecular complexity index is 1370. The van der Waals surface area contributed by atoms with Crippen LogP contribution in [0.3, 0.4) is 0 Å². The van der Waals surface area contributed by atoms with Gasteiger partial charge in [0.25, 0.3) is 5.56 Å². The molecule has 8 heteroatoms. The molecule has 0 aliphatic heterocycles. The summed E-state index contributed by atoms with van der Waals surface area (Å²) in [5, 5.41) is 11.4. The van der Waals surface area contributed by atoms with Gasteiger partial charge in [-0.05, 0) is 18.2 Å². The van der Waals surface area contributed by atoms with Gasteiger partial charge in [-0.3, -0.25) is 9.89 Å². The van der Waals surface area contributed by atoms with Gasteiger partial charge in [-0.1, -0.05) is 59.9 Å². The third-order valence-corrected chi connectivity index (χ3v) is 5.31. The zero-order valence-corrected chi connectivity index (χ0v) is 16.0. The molecule has 3 heterocycles. The molecule has 2 aromatic carbocycles. The van der Waals surface area contributed by atoms with Crippen LogP contribution in [-0.4, -0.2) is 24.8 Å². The number of para-hydroxylation sites is 1. The largest absolute Gasteiger partial charge is 0.486 e. The minimum absolute atomic E-state index is 0.205. The average molecular weight is 401 g/mol. The number of rotatable bonds is 5. The molecular formula is C21H15N5O2S. The Labute approximate surface area is 168 Å². The molecule has 0 radical (unpaired) electrons. The lowest BCUT2D eigenvalue weighted by Gasteiger charge is -2.01. The van der Waals surface area contributed by atoms with Crippen LogP contribution in [0.4, 0.5) is 0 Å². The smallest absolute Gasteiger partial charge is 0.291 e. The number of ether oxygens (including phenoxy) is 1. The fourth-order valence-corrected chi connectivity index (χ4v) is 3.90. The number of hydrogen-bond donors (Lipinski definition) is 1. The molecule has 5 rings (SSSR count). The van der Waals surface area contributed by atoms with Crippen LogP contribution in [0.5, 0.6) is 5.75 Å². The van der Waals surface area contributed by atoms with Gasteiger partial charge in [0.1, 0.15) is 12.4 Å². The fourth-order valence-electron chi connectivity index (χ4n) is 2.98. The van der Waals surface area contributed by atoms with Crippen LogP contribution in [0.2, 0.25) is 0 Å².